The highest BCUT2D eigenvalue weighted by Gasteiger charge is 2.31. The molecule has 0 atom stereocenters. The van der Waals surface area contributed by atoms with Crippen molar-refractivity contribution in [3.05, 3.63) is 34.5 Å². The second-order valence-electron chi connectivity index (χ2n) is 7.02. The van der Waals surface area contributed by atoms with Gasteiger partial charge in [-0.3, -0.25) is 0 Å². The van der Waals surface area contributed by atoms with Crippen LogP contribution in [0.15, 0.2) is 17.1 Å². The molecule has 6 heteroatoms. The van der Waals surface area contributed by atoms with Crippen LogP contribution in [0.5, 0.6) is 10.8 Å². The molecule has 1 N–H and O–H groups in total. The van der Waals surface area contributed by atoms with Gasteiger partial charge >= 0.3 is 0 Å². The van der Waals surface area contributed by atoms with Gasteiger partial charge in [0.05, 0.1) is 11.4 Å². The number of benzene rings is 1. The molecule has 0 aliphatic heterocycles. The summed E-state index contributed by atoms with van der Waals surface area (Å²) in [5.74, 6) is 2.46. The lowest BCUT2D eigenvalue weighted by Crippen LogP contribution is -2.23. The summed E-state index contributed by atoms with van der Waals surface area (Å²) in [6, 6.07) is 6.28. The Balaban J connectivity index is 1.91. The number of nitrogens with one attached hydrogen (secondary N) is 1. The largest absolute Gasteiger partial charge is 0.443 e. The third kappa shape index (κ3) is 3.73. The van der Waals surface area contributed by atoms with E-state index in [1.54, 1.807) is 0 Å². The van der Waals surface area contributed by atoms with Crippen molar-refractivity contribution in [2.45, 2.75) is 46.5 Å². The smallest absolute Gasteiger partial charge is 0.218 e. The lowest BCUT2D eigenvalue weighted by molar-refractivity contribution is 0.490. The number of rotatable bonds is 5. The van der Waals surface area contributed by atoms with E-state index in [4.69, 9.17) is 9.73 Å². The van der Waals surface area contributed by atoms with Crippen LogP contribution in [-0.4, -0.2) is 17.3 Å². The summed E-state index contributed by atoms with van der Waals surface area (Å²) in [7, 11) is 1.89. The van der Waals surface area contributed by atoms with Crippen LogP contribution in [0.2, 0.25) is 0 Å². The van der Waals surface area contributed by atoms with Crippen molar-refractivity contribution in [2.75, 3.05) is 7.05 Å². The highest BCUT2D eigenvalue weighted by Crippen LogP contribution is 2.45. The second-order valence-corrected chi connectivity index (χ2v) is 7.76. The number of nitrogens with zero attached hydrogens (tertiary/aromatic N) is 3. The van der Waals surface area contributed by atoms with E-state index in [9.17, 15) is 5.26 Å². The number of nitriles is 1. The van der Waals surface area contributed by atoms with Gasteiger partial charge in [-0.2, -0.15) is 9.64 Å². The summed E-state index contributed by atoms with van der Waals surface area (Å²) in [6.45, 7) is 8.24. The average Bonchev–Trinajstić information content (AvgIpc) is 3.37. The van der Waals surface area contributed by atoms with E-state index in [2.05, 4.69) is 29.6 Å². The zero-order valence-corrected chi connectivity index (χ0v) is 16.7. The fourth-order valence-electron chi connectivity index (χ4n) is 2.80. The Hall–Kier alpha value is -2.39. The number of aryl methyl sites for hydroxylation is 2. The van der Waals surface area contributed by atoms with Crippen molar-refractivity contribution < 1.29 is 4.74 Å². The average molecular weight is 369 g/mol. The van der Waals surface area contributed by atoms with E-state index >= 15 is 0 Å². The first kappa shape index (κ1) is 18.4. The van der Waals surface area contributed by atoms with Crippen molar-refractivity contribution in [3.63, 3.8) is 0 Å². The number of hydrogen-bond donors (Lipinski definition) is 1. The van der Waals surface area contributed by atoms with Crippen LogP contribution in [0.25, 0.3) is 0 Å². The molecule has 0 spiro atoms. The molecule has 3 rings (SSSR count). The van der Waals surface area contributed by atoms with Gasteiger partial charge in [-0.05, 0) is 49.9 Å². The maximum absolute atomic E-state index is 9.50. The molecule has 1 heterocycles. The van der Waals surface area contributed by atoms with Crippen LogP contribution >= 0.6 is 11.5 Å². The van der Waals surface area contributed by atoms with Crippen molar-refractivity contribution in [2.24, 2.45) is 10.9 Å². The summed E-state index contributed by atoms with van der Waals surface area (Å²) in [6.07, 6.45) is 2.23. The molecule has 2 aromatic rings. The van der Waals surface area contributed by atoms with E-state index < -0.39 is 0 Å². The summed E-state index contributed by atoms with van der Waals surface area (Å²) in [5, 5.41) is 13.3. The molecule has 1 fully saturated rings. The zero-order chi connectivity index (χ0) is 18.8. The molecule has 1 saturated carbocycles. The number of aromatic nitrogens is 1. The predicted molar refractivity (Wildman–Crippen MR) is 106 cm³/mol. The Morgan fingerprint density at radius 1 is 1.35 bits per heavy atom. The van der Waals surface area contributed by atoms with Gasteiger partial charge in [0.2, 0.25) is 5.06 Å². The standard InChI is InChI=1S/C20H24N4OS/c1-11(2)19(22-5)23-16-8-13(4)17(9-12(16)3)25-20-15(10-21)18(24-26-20)14-6-7-14/h8-9,11,14H,6-7H2,1-5H3,(H,22,23). The molecule has 0 bridgehead atoms. The van der Waals surface area contributed by atoms with E-state index in [0.29, 0.717) is 22.5 Å². The number of amidine groups is 1. The molecule has 1 aromatic carbocycles. The molecule has 0 amide bonds. The molecule has 136 valence electrons. The van der Waals surface area contributed by atoms with E-state index in [1.165, 1.54) is 11.5 Å². The Labute approximate surface area is 158 Å². The monoisotopic (exact) mass is 368 g/mol. The molecule has 0 unspecified atom stereocenters. The molecule has 1 aliphatic rings. The quantitative estimate of drug-likeness (QED) is 0.581. The van der Waals surface area contributed by atoms with Crippen LogP contribution in [0.1, 0.15) is 55.0 Å². The van der Waals surface area contributed by atoms with Gasteiger partial charge < -0.3 is 10.1 Å². The Morgan fingerprint density at radius 2 is 2.08 bits per heavy atom. The molecular formula is C20H24N4OS. The summed E-state index contributed by atoms with van der Waals surface area (Å²) < 4.78 is 10.5. The highest BCUT2D eigenvalue weighted by atomic mass is 32.1. The van der Waals surface area contributed by atoms with Gasteiger partial charge in [0.1, 0.15) is 23.2 Å². The van der Waals surface area contributed by atoms with Gasteiger partial charge in [0.25, 0.3) is 0 Å². The normalized spacial score (nSPS) is 14.4. The van der Waals surface area contributed by atoms with Gasteiger partial charge in [0.15, 0.2) is 0 Å². The van der Waals surface area contributed by atoms with Crippen LogP contribution < -0.4 is 10.1 Å². The minimum Gasteiger partial charge on any atom is -0.443 e. The molecule has 26 heavy (non-hydrogen) atoms. The fourth-order valence-corrected chi connectivity index (χ4v) is 3.59. The van der Waals surface area contributed by atoms with E-state index in [1.807, 2.05) is 33.0 Å². The van der Waals surface area contributed by atoms with Crippen molar-refractivity contribution in [3.8, 4) is 16.9 Å². The summed E-state index contributed by atoms with van der Waals surface area (Å²) in [5.41, 5.74) is 4.44. The minimum absolute atomic E-state index is 0.326. The fraction of sp³-hybridized carbons (Fsp3) is 0.450. The maximum atomic E-state index is 9.50. The Morgan fingerprint density at radius 3 is 2.65 bits per heavy atom. The molecule has 1 aromatic heterocycles. The number of ether oxygens (including phenoxy) is 1. The molecule has 0 saturated heterocycles. The van der Waals surface area contributed by atoms with Crippen LogP contribution in [0.3, 0.4) is 0 Å². The van der Waals surface area contributed by atoms with Crippen LogP contribution in [0, 0.1) is 31.1 Å². The second kappa shape index (κ2) is 7.46. The molecule has 5 nitrogen and oxygen atoms in total. The van der Waals surface area contributed by atoms with Gasteiger partial charge in [0, 0.05) is 30.4 Å². The lowest BCUT2D eigenvalue weighted by Gasteiger charge is -2.13. The van der Waals surface area contributed by atoms with Crippen LogP contribution in [0.4, 0.5) is 5.69 Å². The summed E-state index contributed by atoms with van der Waals surface area (Å²) in [4.78, 5) is 4.74. The van der Waals surface area contributed by atoms with E-state index in [0.717, 1.165) is 46.9 Å². The first-order valence-electron chi connectivity index (χ1n) is 8.89. The highest BCUT2D eigenvalue weighted by molar-refractivity contribution is 7.08. The number of hydrogen-bond acceptors (Lipinski definition) is 5. The Kier molecular flexibility index (Phi) is 5.28. The maximum Gasteiger partial charge on any atom is 0.218 e. The van der Waals surface area contributed by atoms with Crippen molar-refractivity contribution >= 4 is 23.1 Å². The molecular weight excluding hydrogens is 344 g/mol. The third-order valence-corrected chi connectivity index (χ3v) is 5.24. The molecule has 0 radical (unpaired) electrons. The van der Waals surface area contributed by atoms with Gasteiger partial charge in [-0.15, -0.1) is 0 Å². The first-order valence-corrected chi connectivity index (χ1v) is 9.67. The molecule has 1 aliphatic carbocycles. The van der Waals surface area contributed by atoms with Crippen molar-refractivity contribution in [1.82, 2.24) is 9.69 Å². The van der Waals surface area contributed by atoms with Gasteiger partial charge in [-0.25, -0.2) is 4.99 Å². The predicted octanol–water partition coefficient (Wildman–Crippen LogP) is 5.21. The van der Waals surface area contributed by atoms with E-state index in [-0.39, 0.29) is 0 Å². The Bertz CT molecular complexity index is 888. The zero-order valence-electron chi connectivity index (χ0n) is 15.9. The third-order valence-electron chi connectivity index (χ3n) is 4.50. The lowest BCUT2D eigenvalue weighted by atomic mass is 10.1. The minimum atomic E-state index is 0.326. The van der Waals surface area contributed by atoms with Gasteiger partial charge in [-0.1, -0.05) is 13.8 Å². The topological polar surface area (TPSA) is 70.3 Å². The SMILES string of the molecule is CNC(=Nc1cc(C)c(Oc2snc(C3CC3)c2C#N)cc1C)C(C)C. The summed E-state index contributed by atoms with van der Waals surface area (Å²) >= 11 is 1.27. The van der Waals surface area contributed by atoms with Crippen LogP contribution in [-0.2, 0) is 0 Å². The number of aliphatic imine (C=N–C) groups is 1. The first-order chi connectivity index (χ1) is 12.4. The van der Waals surface area contributed by atoms with Crippen molar-refractivity contribution in [1.29, 1.82) is 5.26 Å².